The zero-order valence-corrected chi connectivity index (χ0v) is 20.7. The minimum absolute atomic E-state index is 0. The fraction of sp³-hybridized carbons (Fsp3) is 0.458. The number of hydrogen-bond acceptors (Lipinski definition) is 4. The average molecular weight is 536 g/mol. The van der Waals surface area contributed by atoms with E-state index < -0.39 is 0 Å². The van der Waals surface area contributed by atoms with Gasteiger partial charge in [0, 0.05) is 49.2 Å². The number of halogens is 1. The van der Waals surface area contributed by atoms with Crippen molar-refractivity contribution in [2.24, 2.45) is 16.6 Å². The number of rotatable bonds is 6. The topological polar surface area (TPSA) is 72.1 Å². The molecule has 1 aliphatic heterocycles. The van der Waals surface area contributed by atoms with Crippen LogP contribution < -0.4 is 25.4 Å². The van der Waals surface area contributed by atoms with Crippen LogP contribution in [0.4, 0.5) is 11.4 Å². The molecule has 3 N–H and O–H groups in total. The third-order valence-electron chi connectivity index (χ3n) is 6.17. The van der Waals surface area contributed by atoms with Gasteiger partial charge in [0.15, 0.2) is 5.96 Å². The van der Waals surface area contributed by atoms with E-state index in [2.05, 4.69) is 45.5 Å². The minimum atomic E-state index is 0. The lowest BCUT2D eigenvalue weighted by Crippen LogP contribution is -2.26. The van der Waals surface area contributed by atoms with Crippen molar-refractivity contribution in [2.45, 2.75) is 32.1 Å². The number of anilines is 2. The van der Waals surface area contributed by atoms with Crippen LogP contribution in [0.1, 0.15) is 30.4 Å². The number of aliphatic imine (C=N–C) groups is 1. The second-order valence-corrected chi connectivity index (χ2v) is 8.17. The lowest BCUT2D eigenvalue weighted by molar-refractivity contribution is 0.394. The molecule has 0 bridgehead atoms. The fourth-order valence-electron chi connectivity index (χ4n) is 4.49. The Hall–Kier alpha value is -2.16. The maximum Gasteiger partial charge on any atom is 0.193 e. The van der Waals surface area contributed by atoms with Gasteiger partial charge in [-0.3, -0.25) is 4.99 Å². The fourth-order valence-corrected chi connectivity index (χ4v) is 4.49. The van der Waals surface area contributed by atoms with E-state index in [0.717, 1.165) is 61.8 Å². The highest BCUT2D eigenvalue weighted by Crippen LogP contribution is 2.32. The molecule has 0 amide bonds. The van der Waals surface area contributed by atoms with Crippen LogP contribution in [0.2, 0.25) is 0 Å². The summed E-state index contributed by atoms with van der Waals surface area (Å²) in [6.45, 7) is 2.68. The average Bonchev–Trinajstić information content (AvgIpc) is 3.27. The summed E-state index contributed by atoms with van der Waals surface area (Å²) < 4.78 is 10.8. The molecule has 168 valence electrons. The molecule has 1 fully saturated rings. The summed E-state index contributed by atoms with van der Waals surface area (Å²) in [5.41, 5.74) is 11.3. The number of nitrogens with two attached hydrogens (primary N) is 1. The lowest BCUT2D eigenvalue weighted by atomic mass is 9.90. The first-order chi connectivity index (χ1) is 14.7. The third-order valence-corrected chi connectivity index (χ3v) is 6.17. The molecule has 1 atom stereocenters. The molecule has 31 heavy (non-hydrogen) atoms. The van der Waals surface area contributed by atoms with Crippen molar-refractivity contribution in [3.05, 3.63) is 47.5 Å². The van der Waals surface area contributed by atoms with E-state index in [9.17, 15) is 0 Å². The van der Waals surface area contributed by atoms with Crippen molar-refractivity contribution in [1.29, 1.82) is 0 Å². The van der Waals surface area contributed by atoms with Gasteiger partial charge in [-0.1, -0.05) is 12.1 Å². The van der Waals surface area contributed by atoms with Gasteiger partial charge in [0.25, 0.3) is 0 Å². The third kappa shape index (κ3) is 5.75. The first-order valence-electron chi connectivity index (χ1n) is 10.8. The van der Waals surface area contributed by atoms with Crippen molar-refractivity contribution in [3.8, 4) is 11.5 Å². The Morgan fingerprint density at radius 3 is 2.61 bits per heavy atom. The highest BCUT2D eigenvalue weighted by Gasteiger charge is 2.23. The van der Waals surface area contributed by atoms with Gasteiger partial charge in [-0.15, -0.1) is 24.0 Å². The summed E-state index contributed by atoms with van der Waals surface area (Å²) in [6.07, 6.45) is 5.90. The summed E-state index contributed by atoms with van der Waals surface area (Å²) in [5.74, 6) is 2.61. The van der Waals surface area contributed by atoms with Crippen molar-refractivity contribution >= 4 is 41.3 Å². The molecular formula is C24H33IN4O2. The standard InChI is InChI=1S/C24H32N4O2.HI/c1-29-20-12-19(13-21(14-20)30-2)28-11-10-17(16-28)15-26-24(25)27-23-9-5-7-18-6-3-4-8-22(18)23;/h5,7,9,12-14,17H,3-4,6,8,10-11,15-16H2,1-2H3,(H3,25,26,27);1H. The molecule has 6 nitrogen and oxygen atoms in total. The molecule has 0 radical (unpaired) electrons. The van der Waals surface area contributed by atoms with Crippen LogP contribution in [-0.4, -0.2) is 39.8 Å². The Kier molecular flexibility index (Phi) is 8.28. The number of methoxy groups -OCH3 is 2. The molecule has 4 rings (SSSR count). The van der Waals surface area contributed by atoms with Crippen LogP contribution >= 0.6 is 24.0 Å². The minimum Gasteiger partial charge on any atom is -0.497 e. The van der Waals surface area contributed by atoms with Crippen molar-refractivity contribution in [2.75, 3.05) is 44.1 Å². The first-order valence-corrected chi connectivity index (χ1v) is 10.8. The SMILES string of the molecule is COc1cc(OC)cc(N2CCC(CN=C(N)Nc3cccc4c3CCCC4)C2)c1.I. The highest BCUT2D eigenvalue weighted by atomic mass is 127. The maximum atomic E-state index is 6.23. The summed E-state index contributed by atoms with van der Waals surface area (Å²) in [7, 11) is 3.36. The van der Waals surface area contributed by atoms with Gasteiger partial charge < -0.3 is 25.4 Å². The number of hydrogen-bond donors (Lipinski definition) is 2. The smallest absolute Gasteiger partial charge is 0.193 e. The predicted octanol–water partition coefficient (Wildman–Crippen LogP) is 4.45. The van der Waals surface area contributed by atoms with E-state index in [1.807, 2.05) is 6.07 Å². The number of guanidine groups is 1. The summed E-state index contributed by atoms with van der Waals surface area (Å²) in [5, 5.41) is 3.35. The normalized spacial score (nSPS) is 18.2. The Morgan fingerprint density at radius 2 is 1.87 bits per heavy atom. The van der Waals surface area contributed by atoms with Crippen LogP contribution in [0.5, 0.6) is 11.5 Å². The summed E-state index contributed by atoms with van der Waals surface area (Å²) in [4.78, 5) is 7.02. The number of nitrogens with one attached hydrogen (secondary N) is 1. The molecular weight excluding hydrogens is 503 g/mol. The van der Waals surface area contributed by atoms with E-state index in [1.54, 1.807) is 14.2 Å². The van der Waals surface area contributed by atoms with Crippen LogP contribution in [0, 0.1) is 5.92 Å². The van der Waals surface area contributed by atoms with Gasteiger partial charge >= 0.3 is 0 Å². The van der Waals surface area contributed by atoms with Gasteiger partial charge in [0.1, 0.15) is 11.5 Å². The maximum absolute atomic E-state index is 6.23. The van der Waals surface area contributed by atoms with E-state index >= 15 is 0 Å². The zero-order valence-electron chi connectivity index (χ0n) is 18.4. The number of ether oxygens (including phenoxy) is 2. The second kappa shape index (κ2) is 10.9. The molecule has 2 aromatic carbocycles. The predicted molar refractivity (Wildman–Crippen MR) is 138 cm³/mol. The van der Waals surface area contributed by atoms with Crippen LogP contribution in [0.15, 0.2) is 41.4 Å². The first kappa shape index (κ1) is 23.5. The van der Waals surface area contributed by atoms with Crippen molar-refractivity contribution in [3.63, 3.8) is 0 Å². The quantitative estimate of drug-likeness (QED) is 0.324. The second-order valence-electron chi connectivity index (χ2n) is 8.17. The largest absolute Gasteiger partial charge is 0.497 e. The Bertz CT molecular complexity index is 896. The zero-order chi connectivity index (χ0) is 20.9. The van der Waals surface area contributed by atoms with Crippen molar-refractivity contribution < 1.29 is 9.47 Å². The Morgan fingerprint density at radius 1 is 1.13 bits per heavy atom. The van der Waals surface area contributed by atoms with Crippen LogP contribution in [0.3, 0.4) is 0 Å². The lowest BCUT2D eigenvalue weighted by Gasteiger charge is -2.20. The van der Waals surface area contributed by atoms with Gasteiger partial charge in [0.05, 0.1) is 14.2 Å². The molecule has 2 aromatic rings. The number of nitrogens with zero attached hydrogens (tertiary/aromatic N) is 2. The molecule has 0 aromatic heterocycles. The van der Waals surface area contributed by atoms with Gasteiger partial charge in [-0.2, -0.15) is 0 Å². The molecule has 2 aliphatic rings. The number of aryl methyl sites for hydroxylation is 1. The van der Waals surface area contributed by atoms with E-state index in [0.29, 0.717) is 11.9 Å². The van der Waals surface area contributed by atoms with E-state index in [-0.39, 0.29) is 24.0 Å². The Labute approximate surface area is 202 Å². The van der Waals surface area contributed by atoms with Crippen molar-refractivity contribution in [1.82, 2.24) is 0 Å². The van der Waals surface area contributed by atoms with Gasteiger partial charge in [0.2, 0.25) is 0 Å². The van der Waals surface area contributed by atoms with E-state index in [4.69, 9.17) is 15.2 Å². The molecule has 0 saturated carbocycles. The number of benzene rings is 2. The van der Waals surface area contributed by atoms with Gasteiger partial charge in [-0.05, 0) is 55.2 Å². The summed E-state index contributed by atoms with van der Waals surface area (Å²) >= 11 is 0. The van der Waals surface area contributed by atoms with Crippen LogP contribution in [0.25, 0.3) is 0 Å². The van der Waals surface area contributed by atoms with E-state index in [1.165, 1.54) is 24.0 Å². The molecule has 1 aliphatic carbocycles. The number of fused-ring (bicyclic) bond motifs is 1. The van der Waals surface area contributed by atoms with Gasteiger partial charge in [-0.25, -0.2) is 0 Å². The Balaban J connectivity index is 0.00000272. The summed E-state index contributed by atoms with van der Waals surface area (Å²) in [6, 6.07) is 12.5. The highest BCUT2D eigenvalue weighted by molar-refractivity contribution is 14.0. The molecule has 1 unspecified atom stereocenters. The monoisotopic (exact) mass is 536 g/mol. The molecule has 1 saturated heterocycles. The molecule has 0 spiro atoms. The van der Waals surface area contributed by atoms with Crippen LogP contribution in [-0.2, 0) is 12.8 Å². The molecule has 7 heteroatoms. The molecule has 1 heterocycles.